The lowest BCUT2D eigenvalue weighted by molar-refractivity contribution is 0.100. The summed E-state index contributed by atoms with van der Waals surface area (Å²) in [6, 6.07) is 17.5. The second kappa shape index (κ2) is 8.71. The maximum Gasteiger partial charge on any atom is 0.248 e. The summed E-state index contributed by atoms with van der Waals surface area (Å²) in [7, 11) is 0. The van der Waals surface area contributed by atoms with Crippen molar-refractivity contribution in [3.8, 4) is 22.5 Å². The van der Waals surface area contributed by atoms with Gasteiger partial charge in [0.1, 0.15) is 5.03 Å². The first-order valence-corrected chi connectivity index (χ1v) is 11.0. The molecular formula is C24H24N4OS. The van der Waals surface area contributed by atoms with Crippen LogP contribution in [-0.4, -0.2) is 26.0 Å². The Morgan fingerprint density at radius 2 is 1.80 bits per heavy atom. The number of fused-ring (bicyclic) bond motifs is 1. The van der Waals surface area contributed by atoms with Gasteiger partial charge in [0.05, 0.1) is 17.6 Å². The molecule has 0 spiro atoms. The minimum atomic E-state index is -0.431. The van der Waals surface area contributed by atoms with Crippen molar-refractivity contribution in [1.29, 1.82) is 0 Å². The van der Waals surface area contributed by atoms with E-state index in [2.05, 4.69) is 35.4 Å². The highest BCUT2D eigenvalue weighted by molar-refractivity contribution is 7.99. The Hall–Kier alpha value is -3.12. The summed E-state index contributed by atoms with van der Waals surface area (Å²) < 4.78 is 2.09. The minimum absolute atomic E-state index is 0.431. The Morgan fingerprint density at radius 1 is 1.07 bits per heavy atom. The maximum absolute atomic E-state index is 11.4. The van der Waals surface area contributed by atoms with Crippen molar-refractivity contribution < 1.29 is 4.79 Å². The number of hydrogen-bond acceptors (Lipinski definition) is 4. The molecule has 0 radical (unpaired) electrons. The number of nitrogens with two attached hydrogens (primary N) is 1. The predicted molar refractivity (Wildman–Crippen MR) is 123 cm³/mol. The molecule has 0 saturated heterocycles. The van der Waals surface area contributed by atoms with E-state index in [1.165, 1.54) is 0 Å². The summed E-state index contributed by atoms with van der Waals surface area (Å²) in [6.07, 6.45) is 5.01. The van der Waals surface area contributed by atoms with Crippen LogP contribution in [-0.2, 0) is 0 Å². The molecule has 0 bridgehead atoms. The topological polar surface area (TPSA) is 73.3 Å². The molecule has 2 aromatic carbocycles. The summed E-state index contributed by atoms with van der Waals surface area (Å²) in [4.78, 5) is 21.0. The Morgan fingerprint density at radius 3 is 2.47 bits per heavy atom. The molecule has 0 saturated carbocycles. The smallest absolute Gasteiger partial charge is 0.248 e. The highest BCUT2D eigenvalue weighted by atomic mass is 32.2. The van der Waals surface area contributed by atoms with Crippen molar-refractivity contribution in [2.75, 3.05) is 5.75 Å². The van der Waals surface area contributed by atoms with Gasteiger partial charge in [-0.25, -0.2) is 9.97 Å². The van der Waals surface area contributed by atoms with E-state index >= 15 is 0 Å². The number of hydrogen-bond donors (Lipinski definition) is 1. The fraction of sp³-hybridized carbons (Fsp3) is 0.208. The fourth-order valence-electron chi connectivity index (χ4n) is 3.22. The van der Waals surface area contributed by atoms with Crippen LogP contribution in [0.15, 0.2) is 72.0 Å². The highest BCUT2D eigenvalue weighted by Crippen LogP contribution is 2.30. The van der Waals surface area contributed by atoms with Crippen molar-refractivity contribution in [3.63, 3.8) is 0 Å². The van der Waals surface area contributed by atoms with Gasteiger partial charge in [0.25, 0.3) is 0 Å². The third-order valence-corrected chi connectivity index (χ3v) is 5.92. The van der Waals surface area contributed by atoms with Gasteiger partial charge in [0.2, 0.25) is 5.91 Å². The zero-order valence-corrected chi connectivity index (χ0v) is 17.9. The van der Waals surface area contributed by atoms with E-state index < -0.39 is 5.91 Å². The van der Waals surface area contributed by atoms with Gasteiger partial charge in [-0.3, -0.25) is 9.20 Å². The summed E-state index contributed by atoms with van der Waals surface area (Å²) in [5, 5.41) is 0.928. The summed E-state index contributed by atoms with van der Waals surface area (Å²) in [5.74, 6) is 1.21. The van der Waals surface area contributed by atoms with Gasteiger partial charge >= 0.3 is 0 Å². The van der Waals surface area contributed by atoms with E-state index in [0.29, 0.717) is 11.5 Å². The average Bonchev–Trinajstić information content (AvgIpc) is 3.18. The van der Waals surface area contributed by atoms with Crippen molar-refractivity contribution in [3.05, 3.63) is 72.6 Å². The SMILES string of the molecule is CC(C)CCSc1nc(-c2ccccc2)cn2c(-c3ccc(C(N)=O)cc3)cnc12. The molecule has 0 aliphatic rings. The number of amides is 1. The lowest BCUT2D eigenvalue weighted by Crippen LogP contribution is -2.10. The first-order valence-electron chi connectivity index (χ1n) is 9.99. The number of benzene rings is 2. The molecule has 6 heteroatoms. The van der Waals surface area contributed by atoms with Gasteiger partial charge in [0, 0.05) is 22.9 Å². The number of nitrogens with zero attached hydrogens (tertiary/aromatic N) is 3. The number of thioether (sulfide) groups is 1. The number of rotatable bonds is 7. The van der Waals surface area contributed by atoms with E-state index in [9.17, 15) is 4.79 Å². The van der Waals surface area contributed by atoms with E-state index in [1.807, 2.05) is 42.7 Å². The van der Waals surface area contributed by atoms with Gasteiger partial charge in [-0.2, -0.15) is 0 Å². The molecule has 4 rings (SSSR count). The van der Waals surface area contributed by atoms with Gasteiger partial charge in [-0.15, -0.1) is 11.8 Å². The Kier molecular flexibility index (Phi) is 5.86. The zero-order chi connectivity index (χ0) is 21.1. The van der Waals surface area contributed by atoms with Crippen LogP contribution in [0.4, 0.5) is 0 Å². The number of carbonyl (C=O) groups is 1. The third kappa shape index (κ3) is 4.24. The lowest BCUT2D eigenvalue weighted by Gasteiger charge is -2.10. The first kappa shape index (κ1) is 20.2. The van der Waals surface area contributed by atoms with Gasteiger partial charge < -0.3 is 5.73 Å². The molecule has 0 unspecified atom stereocenters. The summed E-state index contributed by atoms with van der Waals surface area (Å²) in [5.41, 5.74) is 10.6. The summed E-state index contributed by atoms with van der Waals surface area (Å²) in [6.45, 7) is 4.46. The van der Waals surface area contributed by atoms with Crippen LogP contribution in [0.2, 0.25) is 0 Å². The standard InChI is InChI=1S/C24H24N4OS/c1-16(2)12-13-30-24-23-26-14-21(18-8-10-19(11-9-18)22(25)29)28(23)15-20(27-24)17-6-4-3-5-7-17/h3-11,14-16H,12-13H2,1-2H3,(H2,25,29). The minimum Gasteiger partial charge on any atom is -0.366 e. The van der Waals surface area contributed by atoms with E-state index in [-0.39, 0.29) is 0 Å². The van der Waals surface area contributed by atoms with Crippen LogP contribution in [0, 0.1) is 5.92 Å². The van der Waals surface area contributed by atoms with E-state index in [4.69, 9.17) is 10.7 Å². The molecule has 0 aliphatic carbocycles. The summed E-state index contributed by atoms with van der Waals surface area (Å²) >= 11 is 1.75. The quantitative estimate of drug-likeness (QED) is 0.415. The molecule has 4 aromatic rings. The first-order chi connectivity index (χ1) is 14.5. The Bertz CT molecular complexity index is 1170. The van der Waals surface area contributed by atoms with Crippen LogP contribution in [0.5, 0.6) is 0 Å². The second-order valence-electron chi connectivity index (χ2n) is 7.61. The molecule has 0 fully saturated rings. The molecule has 2 heterocycles. The molecule has 2 aromatic heterocycles. The van der Waals surface area contributed by atoms with Crippen LogP contribution >= 0.6 is 11.8 Å². The van der Waals surface area contributed by atoms with Crippen molar-refractivity contribution in [2.45, 2.75) is 25.3 Å². The van der Waals surface area contributed by atoms with E-state index in [1.54, 1.807) is 23.9 Å². The van der Waals surface area contributed by atoms with Crippen LogP contribution in [0.3, 0.4) is 0 Å². The Balaban J connectivity index is 1.81. The Labute approximate surface area is 180 Å². The second-order valence-corrected chi connectivity index (χ2v) is 8.69. The van der Waals surface area contributed by atoms with Gasteiger partial charge in [-0.05, 0) is 30.2 Å². The molecule has 1 amide bonds. The van der Waals surface area contributed by atoms with E-state index in [0.717, 1.165) is 45.4 Å². The molecule has 0 aliphatic heterocycles. The molecule has 0 atom stereocenters. The van der Waals surface area contributed by atoms with Crippen LogP contribution < -0.4 is 5.73 Å². The lowest BCUT2D eigenvalue weighted by atomic mass is 10.1. The van der Waals surface area contributed by atoms with Crippen molar-refractivity contribution in [2.24, 2.45) is 11.7 Å². The van der Waals surface area contributed by atoms with Crippen molar-refractivity contribution in [1.82, 2.24) is 14.4 Å². The maximum atomic E-state index is 11.4. The van der Waals surface area contributed by atoms with Crippen molar-refractivity contribution >= 4 is 23.3 Å². The largest absolute Gasteiger partial charge is 0.366 e. The van der Waals surface area contributed by atoms with Crippen LogP contribution in [0.1, 0.15) is 30.6 Å². The predicted octanol–water partition coefficient (Wildman–Crippen LogP) is 5.30. The highest BCUT2D eigenvalue weighted by Gasteiger charge is 2.15. The van der Waals surface area contributed by atoms with Gasteiger partial charge in [0.15, 0.2) is 5.65 Å². The third-order valence-electron chi connectivity index (χ3n) is 4.93. The fourth-order valence-corrected chi connectivity index (χ4v) is 4.44. The molecule has 5 nitrogen and oxygen atoms in total. The number of aromatic nitrogens is 3. The van der Waals surface area contributed by atoms with Gasteiger partial charge in [-0.1, -0.05) is 56.3 Å². The molecule has 152 valence electrons. The molecular weight excluding hydrogens is 392 g/mol. The number of imidazole rings is 1. The zero-order valence-electron chi connectivity index (χ0n) is 17.1. The monoisotopic (exact) mass is 416 g/mol. The van der Waals surface area contributed by atoms with Crippen LogP contribution in [0.25, 0.3) is 28.2 Å². The molecule has 30 heavy (non-hydrogen) atoms. The molecule has 2 N–H and O–H groups in total. The normalized spacial score (nSPS) is 11.3. The number of carbonyl (C=O) groups excluding carboxylic acids is 1. The number of primary amides is 1. The average molecular weight is 417 g/mol.